The van der Waals surface area contributed by atoms with E-state index < -0.39 is 5.97 Å². The molecule has 2 rings (SSSR count). The Balaban J connectivity index is 2.26. The molecule has 0 aliphatic rings. The molecule has 0 bridgehead atoms. The number of anilines is 1. The number of rotatable bonds is 5. The van der Waals surface area contributed by atoms with Gasteiger partial charge in [-0.3, -0.25) is 9.78 Å². The number of benzene rings is 1. The molecule has 1 aromatic carbocycles. The molecule has 6 heteroatoms. The Kier molecular flexibility index (Phi) is 4.82. The summed E-state index contributed by atoms with van der Waals surface area (Å²) in [4.78, 5) is 16.6. The van der Waals surface area contributed by atoms with E-state index in [0.29, 0.717) is 16.6 Å². The fourth-order valence-electron chi connectivity index (χ4n) is 1.79. The number of halogens is 2. The van der Waals surface area contributed by atoms with Crippen molar-refractivity contribution in [2.45, 2.75) is 6.54 Å². The molecule has 0 saturated carbocycles. The van der Waals surface area contributed by atoms with Gasteiger partial charge in [0.1, 0.15) is 6.54 Å². The molecular weight excluding hydrogens is 299 g/mol. The molecule has 104 valence electrons. The van der Waals surface area contributed by atoms with E-state index in [-0.39, 0.29) is 6.54 Å². The molecular formula is C14H12Cl2N2O2. The van der Waals surface area contributed by atoms with Gasteiger partial charge >= 0.3 is 5.97 Å². The number of nitrogens with zero attached hydrogens (tertiary/aromatic N) is 2. The molecule has 0 unspecified atom stereocenters. The van der Waals surface area contributed by atoms with Gasteiger partial charge in [0, 0.05) is 29.6 Å². The van der Waals surface area contributed by atoms with Crippen molar-refractivity contribution in [2.24, 2.45) is 0 Å². The lowest BCUT2D eigenvalue weighted by atomic mass is 10.2. The number of carbonyl (C=O) groups is 1. The van der Waals surface area contributed by atoms with Crippen LogP contribution in [-0.4, -0.2) is 22.6 Å². The molecule has 2 aromatic rings. The standard InChI is InChI=1S/C14H12Cl2N2O2/c15-11-1-3-12(4-2-11)18(9-14(19)20)8-10-5-6-17-7-13(10)16/h1-7H,8-9H2,(H,19,20). The SMILES string of the molecule is O=C(O)CN(Cc1ccncc1Cl)c1ccc(Cl)cc1. The van der Waals surface area contributed by atoms with Crippen LogP contribution in [0, 0.1) is 0 Å². The molecule has 0 saturated heterocycles. The number of hydrogen-bond donors (Lipinski definition) is 1. The molecule has 0 spiro atoms. The van der Waals surface area contributed by atoms with Crippen LogP contribution in [0.2, 0.25) is 10.0 Å². The third kappa shape index (κ3) is 3.85. The highest BCUT2D eigenvalue weighted by molar-refractivity contribution is 6.31. The second-order valence-electron chi connectivity index (χ2n) is 4.19. The normalized spacial score (nSPS) is 10.3. The monoisotopic (exact) mass is 310 g/mol. The summed E-state index contributed by atoms with van der Waals surface area (Å²) < 4.78 is 0. The van der Waals surface area contributed by atoms with Crippen LogP contribution in [0.4, 0.5) is 5.69 Å². The first-order valence-corrected chi connectivity index (χ1v) is 6.62. The van der Waals surface area contributed by atoms with Crippen LogP contribution >= 0.6 is 23.2 Å². The lowest BCUT2D eigenvalue weighted by Crippen LogP contribution is -2.29. The van der Waals surface area contributed by atoms with Crippen molar-refractivity contribution in [1.29, 1.82) is 0 Å². The fourth-order valence-corrected chi connectivity index (χ4v) is 2.10. The molecule has 0 aliphatic heterocycles. The Morgan fingerprint density at radius 1 is 1.20 bits per heavy atom. The molecule has 0 fully saturated rings. The smallest absolute Gasteiger partial charge is 0.323 e. The van der Waals surface area contributed by atoms with E-state index in [2.05, 4.69) is 4.98 Å². The van der Waals surface area contributed by atoms with Gasteiger partial charge in [-0.15, -0.1) is 0 Å². The summed E-state index contributed by atoms with van der Waals surface area (Å²) in [7, 11) is 0. The molecule has 4 nitrogen and oxygen atoms in total. The Labute approximate surface area is 126 Å². The lowest BCUT2D eigenvalue weighted by Gasteiger charge is -2.23. The van der Waals surface area contributed by atoms with Gasteiger partial charge in [-0.25, -0.2) is 0 Å². The van der Waals surface area contributed by atoms with Crippen LogP contribution in [0.25, 0.3) is 0 Å². The summed E-state index contributed by atoms with van der Waals surface area (Å²) in [6.45, 7) is 0.259. The third-order valence-corrected chi connectivity index (χ3v) is 3.33. The van der Waals surface area contributed by atoms with E-state index in [1.807, 2.05) is 0 Å². The van der Waals surface area contributed by atoms with Gasteiger partial charge in [0.15, 0.2) is 0 Å². The van der Waals surface area contributed by atoms with Crippen LogP contribution < -0.4 is 4.90 Å². The summed E-state index contributed by atoms with van der Waals surface area (Å²) in [6.07, 6.45) is 3.17. The lowest BCUT2D eigenvalue weighted by molar-refractivity contribution is -0.135. The summed E-state index contributed by atoms with van der Waals surface area (Å²) >= 11 is 11.9. The summed E-state index contributed by atoms with van der Waals surface area (Å²) in [6, 6.07) is 8.77. The Bertz CT molecular complexity index is 602. The first-order chi connectivity index (χ1) is 9.56. The van der Waals surface area contributed by atoms with Crippen LogP contribution in [0.3, 0.4) is 0 Å². The van der Waals surface area contributed by atoms with Gasteiger partial charge in [0.25, 0.3) is 0 Å². The summed E-state index contributed by atoms with van der Waals surface area (Å²) in [5.74, 6) is -0.912. The average molecular weight is 311 g/mol. The van der Waals surface area contributed by atoms with Crippen molar-refractivity contribution < 1.29 is 9.90 Å². The molecule has 0 amide bonds. The van der Waals surface area contributed by atoms with Gasteiger partial charge in [0.05, 0.1) is 5.02 Å². The minimum Gasteiger partial charge on any atom is -0.480 e. The van der Waals surface area contributed by atoms with E-state index in [4.69, 9.17) is 28.3 Å². The second kappa shape index (κ2) is 6.59. The average Bonchev–Trinajstić information content (AvgIpc) is 2.41. The molecule has 0 atom stereocenters. The molecule has 20 heavy (non-hydrogen) atoms. The minimum absolute atomic E-state index is 0.125. The number of aromatic nitrogens is 1. The van der Waals surface area contributed by atoms with Crippen molar-refractivity contribution in [3.05, 3.63) is 58.3 Å². The summed E-state index contributed by atoms with van der Waals surface area (Å²) in [5, 5.41) is 10.1. The van der Waals surface area contributed by atoms with Crippen LogP contribution in [0.5, 0.6) is 0 Å². The van der Waals surface area contributed by atoms with Gasteiger partial charge < -0.3 is 10.0 Å². The van der Waals surface area contributed by atoms with Crippen LogP contribution in [-0.2, 0) is 11.3 Å². The Hall–Kier alpha value is -1.78. The molecule has 0 aliphatic carbocycles. The highest BCUT2D eigenvalue weighted by Crippen LogP contribution is 2.22. The number of carboxylic acids is 1. The molecule has 1 heterocycles. The number of hydrogen-bond acceptors (Lipinski definition) is 3. The van der Waals surface area contributed by atoms with E-state index in [0.717, 1.165) is 11.3 Å². The van der Waals surface area contributed by atoms with E-state index in [1.54, 1.807) is 41.4 Å². The number of aliphatic carboxylic acids is 1. The topological polar surface area (TPSA) is 53.4 Å². The summed E-state index contributed by atoms with van der Waals surface area (Å²) in [5.41, 5.74) is 1.59. The highest BCUT2D eigenvalue weighted by atomic mass is 35.5. The van der Waals surface area contributed by atoms with Crippen LogP contribution in [0.1, 0.15) is 5.56 Å². The molecule has 1 N–H and O–H groups in total. The van der Waals surface area contributed by atoms with Gasteiger partial charge in [-0.05, 0) is 35.9 Å². The quantitative estimate of drug-likeness (QED) is 0.918. The first kappa shape index (κ1) is 14.6. The fraction of sp³-hybridized carbons (Fsp3) is 0.143. The van der Waals surface area contributed by atoms with E-state index in [1.165, 1.54) is 6.20 Å². The predicted octanol–water partition coefficient (Wildman–Crippen LogP) is 3.48. The van der Waals surface area contributed by atoms with Gasteiger partial charge in [-0.2, -0.15) is 0 Å². The number of pyridine rings is 1. The maximum absolute atomic E-state index is 11.0. The largest absolute Gasteiger partial charge is 0.480 e. The van der Waals surface area contributed by atoms with Crippen molar-refractivity contribution in [2.75, 3.05) is 11.4 Å². The van der Waals surface area contributed by atoms with Crippen LogP contribution in [0.15, 0.2) is 42.7 Å². The maximum atomic E-state index is 11.0. The number of carboxylic acid groups (broad SMARTS) is 1. The first-order valence-electron chi connectivity index (χ1n) is 5.87. The second-order valence-corrected chi connectivity index (χ2v) is 5.04. The third-order valence-electron chi connectivity index (χ3n) is 2.74. The zero-order valence-electron chi connectivity index (χ0n) is 10.5. The van der Waals surface area contributed by atoms with E-state index >= 15 is 0 Å². The van der Waals surface area contributed by atoms with E-state index in [9.17, 15) is 4.79 Å². The minimum atomic E-state index is -0.912. The highest BCUT2D eigenvalue weighted by Gasteiger charge is 2.13. The Morgan fingerprint density at radius 2 is 1.90 bits per heavy atom. The molecule has 1 aromatic heterocycles. The van der Waals surface area contributed by atoms with Crippen molar-refractivity contribution in [3.8, 4) is 0 Å². The maximum Gasteiger partial charge on any atom is 0.323 e. The predicted molar refractivity (Wildman–Crippen MR) is 79.4 cm³/mol. The van der Waals surface area contributed by atoms with Gasteiger partial charge in [0.2, 0.25) is 0 Å². The molecule has 0 radical (unpaired) electrons. The van der Waals surface area contributed by atoms with Crippen molar-refractivity contribution in [1.82, 2.24) is 4.98 Å². The van der Waals surface area contributed by atoms with Crippen molar-refractivity contribution >= 4 is 34.9 Å². The Morgan fingerprint density at radius 3 is 2.50 bits per heavy atom. The zero-order chi connectivity index (χ0) is 14.5. The van der Waals surface area contributed by atoms with Crippen molar-refractivity contribution in [3.63, 3.8) is 0 Å². The van der Waals surface area contributed by atoms with Gasteiger partial charge in [-0.1, -0.05) is 23.2 Å². The zero-order valence-corrected chi connectivity index (χ0v) is 12.0.